The summed E-state index contributed by atoms with van der Waals surface area (Å²) < 4.78 is 0. The van der Waals surface area contributed by atoms with Crippen LogP contribution >= 0.6 is 0 Å². The van der Waals surface area contributed by atoms with E-state index in [2.05, 4.69) is 77.6 Å². The predicted octanol–water partition coefficient (Wildman–Crippen LogP) is 7.40. The fourth-order valence-corrected chi connectivity index (χ4v) is 6.18. The molecular weight excluding hydrogens is 468 g/mol. The number of imidazole rings is 2. The fraction of sp³-hybridized carbons (Fsp3) is 0.188. The Morgan fingerprint density at radius 3 is 2.39 bits per heavy atom. The molecule has 6 heteroatoms. The third-order valence-electron chi connectivity index (χ3n) is 8.06. The summed E-state index contributed by atoms with van der Waals surface area (Å²) in [5, 5.41) is 11.7. The monoisotopic (exact) mass is 494 g/mol. The third-order valence-corrected chi connectivity index (χ3v) is 8.06. The van der Waals surface area contributed by atoms with Crippen molar-refractivity contribution in [3.63, 3.8) is 0 Å². The van der Waals surface area contributed by atoms with Crippen LogP contribution in [0.2, 0.25) is 0 Å². The Morgan fingerprint density at radius 1 is 0.737 bits per heavy atom. The first-order valence-corrected chi connectivity index (χ1v) is 13.2. The molecule has 1 aliphatic carbocycles. The second kappa shape index (κ2) is 7.71. The lowest BCUT2D eigenvalue weighted by molar-refractivity contribution is 0.798. The van der Waals surface area contributed by atoms with Gasteiger partial charge in [-0.15, -0.1) is 0 Å². The number of aryl methyl sites for hydroxylation is 3. The number of aromatic nitrogens is 6. The van der Waals surface area contributed by atoms with Gasteiger partial charge in [0.15, 0.2) is 0 Å². The maximum atomic E-state index is 4.97. The van der Waals surface area contributed by atoms with Crippen LogP contribution in [0.4, 0.5) is 0 Å². The lowest BCUT2D eigenvalue weighted by atomic mass is 9.83. The van der Waals surface area contributed by atoms with Gasteiger partial charge in [0.2, 0.25) is 0 Å². The minimum Gasteiger partial charge on any atom is -0.342 e. The first-order chi connectivity index (χ1) is 18.5. The van der Waals surface area contributed by atoms with Crippen molar-refractivity contribution in [3.05, 3.63) is 83.7 Å². The number of aromatic amines is 2. The Morgan fingerprint density at radius 2 is 1.53 bits per heavy atom. The van der Waals surface area contributed by atoms with E-state index in [9.17, 15) is 0 Å². The maximum absolute atomic E-state index is 4.97. The van der Waals surface area contributed by atoms with Gasteiger partial charge in [-0.1, -0.05) is 50.2 Å². The number of fused-ring (bicyclic) bond motifs is 11. The SMILES string of the molecule is Cc1nc2c3ccc(-c4ccc5c(c4)CCc4c-5ccc5[nH]c(C(C)C)nc45)cc3c3c[nH]ncc3c2n1. The van der Waals surface area contributed by atoms with Crippen molar-refractivity contribution in [1.82, 2.24) is 30.1 Å². The van der Waals surface area contributed by atoms with Gasteiger partial charge in [-0.25, -0.2) is 15.0 Å². The van der Waals surface area contributed by atoms with E-state index in [-0.39, 0.29) is 0 Å². The van der Waals surface area contributed by atoms with E-state index in [1.54, 1.807) is 0 Å². The molecular formula is C32H26N6. The van der Waals surface area contributed by atoms with Gasteiger partial charge in [0.05, 0.1) is 22.7 Å². The average Bonchev–Trinajstić information content (AvgIpc) is 3.56. The van der Waals surface area contributed by atoms with Crippen molar-refractivity contribution in [2.24, 2.45) is 0 Å². The summed E-state index contributed by atoms with van der Waals surface area (Å²) in [6.45, 7) is 6.31. The van der Waals surface area contributed by atoms with Crippen LogP contribution in [0.15, 0.2) is 60.9 Å². The lowest BCUT2D eigenvalue weighted by Gasteiger charge is -2.21. The molecule has 0 saturated carbocycles. The average molecular weight is 495 g/mol. The molecule has 0 fully saturated rings. The summed E-state index contributed by atoms with van der Waals surface area (Å²) in [4.78, 5) is 17.9. The summed E-state index contributed by atoms with van der Waals surface area (Å²) in [6, 6.07) is 18.1. The molecule has 0 aliphatic heterocycles. The molecule has 4 aromatic carbocycles. The van der Waals surface area contributed by atoms with Gasteiger partial charge in [0.25, 0.3) is 0 Å². The van der Waals surface area contributed by atoms with Crippen molar-refractivity contribution in [1.29, 1.82) is 0 Å². The highest BCUT2D eigenvalue weighted by atomic mass is 15.1. The van der Waals surface area contributed by atoms with Crippen LogP contribution in [0, 0.1) is 6.92 Å². The number of nitrogens with one attached hydrogen (secondary N) is 2. The van der Waals surface area contributed by atoms with E-state index in [0.717, 1.165) is 68.1 Å². The summed E-state index contributed by atoms with van der Waals surface area (Å²) in [5.41, 5.74) is 11.9. The zero-order chi connectivity index (χ0) is 25.5. The molecule has 2 N–H and O–H groups in total. The van der Waals surface area contributed by atoms with E-state index in [0.29, 0.717) is 5.92 Å². The molecule has 3 heterocycles. The van der Waals surface area contributed by atoms with Crippen molar-refractivity contribution in [2.75, 3.05) is 0 Å². The van der Waals surface area contributed by atoms with Crippen LogP contribution in [0.25, 0.3) is 65.9 Å². The van der Waals surface area contributed by atoms with Crippen molar-refractivity contribution < 1.29 is 0 Å². The Balaban J connectivity index is 1.28. The van der Waals surface area contributed by atoms with Crippen LogP contribution < -0.4 is 0 Å². The van der Waals surface area contributed by atoms with Gasteiger partial charge in [-0.2, -0.15) is 5.10 Å². The highest BCUT2D eigenvalue weighted by molar-refractivity contribution is 6.23. The first-order valence-electron chi connectivity index (χ1n) is 13.2. The minimum absolute atomic E-state index is 0.385. The quantitative estimate of drug-likeness (QED) is 0.245. The van der Waals surface area contributed by atoms with E-state index < -0.39 is 0 Å². The standard InChI is InChI=1S/C32H26N6/c1-16(2)32-37-28-11-10-22-21-7-4-18(12-20(21)6-9-23(22)29(28)38-32)19-5-8-24-25(13-19)26-14-33-34-15-27(26)31-30(24)35-17(3)36-31/h4-5,7-8,10-16,33H,6,9H2,1-3H3,(H,37,38). The van der Waals surface area contributed by atoms with E-state index in [1.165, 1.54) is 33.4 Å². The molecule has 7 aromatic rings. The summed E-state index contributed by atoms with van der Waals surface area (Å²) >= 11 is 0. The largest absolute Gasteiger partial charge is 0.342 e. The van der Waals surface area contributed by atoms with Gasteiger partial charge in [0, 0.05) is 28.3 Å². The van der Waals surface area contributed by atoms with Gasteiger partial charge >= 0.3 is 0 Å². The van der Waals surface area contributed by atoms with Gasteiger partial charge in [-0.3, -0.25) is 5.10 Å². The lowest BCUT2D eigenvalue weighted by Crippen LogP contribution is -2.05. The maximum Gasteiger partial charge on any atom is 0.126 e. The molecule has 0 amide bonds. The molecule has 0 spiro atoms. The molecule has 38 heavy (non-hydrogen) atoms. The van der Waals surface area contributed by atoms with Gasteiger partial charge in [0.1, 0.15) is 17.2 Å². The van der Waals surface area contributed by atoms with Crippen LogP contribution in [-0.2, 0) is 12.8 Å². The molecule has 8 rings (SSSR count). The second-order valence-electron chi connectivity index (χ2n) is 10.7. The van der Waals surface area contributed by atoms with E-state index in [4.69, 9.17) is 15.0 Å². The van der Waals surface area contributed by atoms with E-state index in [1.807, 2.05) is 19.3 Å². The zero-order valence-corrected chi connectivity index (χ0v) is 21.6. The number of benzene rings is 4. The van der Waals surface area contributed by atoms with Crippen LogP contribution in [0.1, 0.15) is 42.5 Å². The molecule has 0 bridgehead atoms. The Labute approximate surface area is 219 Å². The van der Waals surface area contributed by atoms with Gasteiger partial charge in [-0.05, 0) is 70.7 Å². The number of nitrogens with zero attached hydrogens (tertiary/aromatic N) is 4. The summed E-state index contributed by atoms with van der Waals surface area (Å²) in [6.07, 6.45) is 5.84. The highest BCUT2D eigenvalue weighted by Gasteiger charge is 2.21. The van der Waals surface area contributed by atoms with Crippen molar-refractivity contribution in [2.45, 2.75) is 39.5 Å². The molecule has 0 unspecified atom stereocenters. The van der Waals surface area contributed by atoms with Crippen molar-refractivity contribution >= 4 is 43.6 Å². The Bertz CT molecular complexity index is 2080. The molecule has 3 aromatic heterocycles. The van der Waals surface area contributed by atoms with Crippen LogP contribution in [0.5, 0.6) is 0 Å². The smallest absolute Gasteiger partial charge is 0.126 e. The summed E-state index contributed by atoms with van der Waals surface area (Å²) in [7, 11) is 0. The fourth-order valence-electron chi connectivity index (χ4n) is 6.18. The normalized spacial score (nSPS) is 13.2. The Kier molecular flexibility index (Phi) is 4.36. The summed E-state index contributed by atoms with van der Waals surface area (Å²) in [5.74, 6) is 2.23. The Hall–Kier alpha value is -4.58. The van der Waals surface area contributed by atoms with Crippen molar-refractivity contribution in [3.8, 4) is 22.3 Å². The number of hydrogen-bond acceptors (Lipinski definition) is 4. The molecule has 184 valence electrons. The molecule has 6 nitrogen and oxygen atoms in total. The number of hydrogen-bond donors (Lipinski definition) is 2. The first kappa shape index (κ1) is 21.5. The third kappa shape index (κ3) is 3.00. The molecule has 0 atom stereocenters. The second-order valence-corrected chi connectivity index (χ2v) is 10.7. The molecule has 1 aliphatic rings. The highest BCUT2D eigenvalue weighted by Crippen LogP contribution is 2.40. The number of H-pyrrole nitrogens is 2. The topological polar surface area (TPSA) is 83.1 Å². The molecule has 0 radical (unpaired) electrons. The number of rotatable bonds is 2. The molecule has 0 saturated heterocycles. The zero-order valence-electron chi connectivity index (χ0n) is 21.6. The minimum atomic E-state index is 0.385. The van der Waals surface area contributed by atoms with Crippen LogP contribution in [0.3, 0.4) is 0 Å². The predicted molar refractivity (Wildman–Crippen MR) is 153 cm³/mol. The van der Waals surface area contributed by atoms with E-state index >= 15 is 0 Å². The van der Waals surface area contributed by atoms with Gasteiger partial charge < -0.3 is 4.98 Å². The van der Waals surface area contributed by atoms with Crippen LogP contribution in [-0.4, -0.2) is 30.1 Å².